The Labute approximate surface area is 246 Å². The van der Waals surface area contributed by atoms with Gasteiger partial charge in [-0.2, -0.15) is 13.2 Å². The SMILES string of the molecule is OCCOc1ccc2c(c1)c1cc(/C(=N/OC(O)N3CCCN4CCCN=C43)C(F)(F)F)ccc1n2Cc1ccccc1. The van der Waals surface area contributed by atoms with E-state index in [9.17, 15) is 23.4 Å². The smallest absolute Gasteiger partial charge is 0.437 e. The third-order valence-corrected chi connectivity index (χ3v) is 7.63. The quantitative estimate of drug-likeness (QED) is 0.168. The number of aliphatic imine (C=N–C) groups is 1. The van der Waals surface area contributed by atoms with Crippen molar-refractivity contribution in [3.05, 3.63) is 77.9 Å². The van der Waals surface area contributed by atoms with Crippen LogP contribution in [0.25, 0.3) is 21.8 Å². The monoisotopic (exact) mass is 595 g/mol. The zero-order valence-electron chi connectivity index (χ0n) is 23.4. The Balaban J connectivity index is 1.39. The average molecular weight is 596 g/mol. The molecule has 1 unspecified atom stereocenters. The van der Waals surface area contributed by atoms with Crippen LogP contribution in [-0.2, 0) is 11.4 Å². The zero-order valence-corrected chi connectivity index (χ0v) is 23.4. The van der Waals surface area contributed by atoms with Gasteiger partial charge in [-0.25, -0.2) is 0 Å². The molecule has 226 valence electrons. The molecule has 1 aromatic heterocycles. The molecule has 0 aliphatic carbocycles. The van der Waals surface area contributed by atoms with Crippen molar-refractivity contribution in [2.24, 2.45) is 10.1 Å². The predicted octanol–water partition coefficient (Wildman–Crippen LogP) is 4.54. The molecule has 3 aromatic carbocycles. The number of aliphatic hydroxyl groups excluding tert-OH is 2. The van der Waals surface area contributed by atoms with Crippen LogP contribution in [0.1, 0.15) is 24.0 Å². The van der Waals surface area contributed by atoms with Crippen LogP contribution < -0.4 is 4.74 Å². The Bertz CT molecular complexity index is 1650. The highest BCUT2D eigenvalue weighted by atomic mass is 19.4. The standard InChI is InChI=1S/C31H32F3N5O4/c32-31(33,34)28(36-43-30(41)38-15-5-14-37-13-4-12-35-29(37)38)22-8-10-26-24(18-22)25-19-23(42-17-16-40)9-11-27(25)39(26)20-21-6-2-1-3-7-21/h1-3,6-11,18-19,30,40-41H,4-5,12-17,20H2/b36-28-. The number of oxime groups is 1. The second-order valence-corrected chi connectivity index (χ2v) is 10.5. The second-order valence-electron chi connectivity index (χ2n) is 10.5. The molecule has 0 spiro atoms. The third kappa shape index (κ3) is 5.98. The number of benzene rings is 3. The van der Waals surface area contributed by atoms with Gasteiger partial charge in [0.2, 0.25) is 5.96 Å². The minimum Gasteiger partial charge on any atom is -0.491 e. The lowest BCUT2D eigenvalue weighted by Crippen LogP contribution is -2.56. The second kappa shape index (κ2) is 12.1. The van der Waals surface area contributed by atoms with E-state index in [2.05, 4.69) is 10.1 Å². The van der Waals surface area contributed by atoms with Gasteiger partial charge < -0.3 is 29.3 Å². The van der Waals surface area contributed by atoms with E-state index in [1.807, 2.05) is 45.9 Å². The summed E-state index contributed by atoms with van der Waals surface area (Å²) in [6, 6.07) is 19.6. The Morgan fingerprint density at radius 2 is 1.70 bits per heavy atom. The average Bonchev–Trinajstić information content (AvgIpc) is 3.31. The number of ether oxygens (including phenoxy) is 1. The van der Waals surface area contributed by atoms with E-state index in [0.717, 1.165) is 36.1 Å². The molecule has 12 heteroatoms. The van der Waals surface area contributed by atoms with E-state index in [0.29, 0.717) is 48.5 Å². The van der Waals surface area contributed by atoms with E-state index in [1.165, 1.54) is 17.0 Å². The van der Waals surface area contributed by atoms with Gasteiger partial charge in [0.15, 0.2) is 5.71 Å². The molecule has 1 atom stereocenters. The zero-order chi connectivity index (χ0) is 30.0. The van der Waals surface area contributed by atoms with Gasteiger partial charge in [-0.15, -0.1) is 0 Å². The number of fused-ring (bicyclic) bond motifs is 4. The number of halogens is 3. The number of hydrogen-bond donors (Lipinski definition) is 2. The van der Waals surface area contributed by atoms with Gasteiger partial charge in [0.05, 0.1) is 6.61 Å². The molecule has 2 N–H and O–H groups in total. The van der Waals surface area contributed by atoms with Crippen molar-refractivity contribution in [1.29, 1.82) is 0 Å². The van der Waals surface area contributed by atoms with Crippen LogP contribution in [0.5, 0.6) is 5.75 Å². The molecule has 0 amide bonds. The maximum absolute atomic E-state index is 14.4. The molecule has 9 nitrogen and oxygen atoms in total. The predicted molar refractivity (Wildman–Crippen MR) is 157 cm³/mol. The van der Waals surface area contributed by atoms with Crippen LogP contribution in [-0.4, -0.2) is 88.2 Å². The molecular formula is C31H32F3N5O4. The van der Waals surface area contributed by atoms with Crippen molar-refractivity contribution >= 4 is 33.5 Å². The first-order chi connectivity index (χ1) is 20.8. The van der Waals surface area contributed by atoms with Crippen LogP contribution in [0.3, 0.4) is 0 Å². The largest absolute Gasteiger partial charge is 0.491 e. The Morgan fingerprint density at radius 1 is 0.953 bits per heavy atom. The molecule has 0 radical (unpaired) electrons. The highest BCUT2D eigenvalue weighted by Crippen LogP contribution is 2.35. The molecule has 1 saturated heterocycles. The number of aliphatic hydroxyl groups is 2. The van der Waals surface area contributed by atoms with Gasteiger partial charge in [0.25, 0.3) is 0 Å². The van der Waals surface area contributed by atoms with Crippen LogP contribution in [0.2, 0.25) is 0 Å². The van der Waals surface area contributed by atoms with Crippen molar-refractivity contribution in [1.82, 2.24) is 14.4 Å². The Kier molecular flexibility index (Phi) is 8.13. The molecule has 3 heterocycles. The van der Waals surface area contributed by atoms with E-state index in [4.69, 9.17) is 9.57 Å². The van der Waals surface area contributed by atoms with Gasteiger partial charge in [0.1, 0.15) is 12.4 Å². The lowest BCUT2D eigenvalue weighted by molar-refractivity contribution is -0.177. The van der Waals surface area contributed by atoms with E-state index in [1.54, 1.807) is 18.2 Å². The molecule has 43 heavy (non-hydrogen) atoms. The highest BCUT2D eigenvalue weighted by molar-refractivity contribution is 6.13. The molecule has 1 fully saturated rings. The summed E-state index contributed by atoms with van der Waals surface area (Å²) in [5.74, 6) is 1.00. The minimum atomic E-state index is -4.86. The minimum absolute atomic E-state index is 0.0885. The van der Waals surface area contributed by atoms with Crippen LogP contribution in [0.15, 0.2) is 76.9 Å². The lowest BCUT2D eigenvalue weighted by atomic mass is 10.1. The summed E-state index contributed by atoms with van der Waals surface area (Å²) in [4.78, 5) is 13.0. The fourth-order valence-electron chi connectivity index (χ4n) is 5.71. The first-order valence-electron chi connectivity index (χ1n) is 14.2. The number of alkyl halides is 3. The summed E-state index contributed by atoms with van der Waals surface area (Å²) in [6.07, 6.45) is -4.99. The summed E-state index contributed by atoms with van der Waals surface area (Å²) >= 11 is 0. The van der Waals surface area contributed by atoms with E-state index in [-0.39, 0.29) is 18.8 Å². The first-order valence-corrected chi connectivity index (χ1v) is 14.2. The van der Waals surface area contributed by atoms with Crippen molar-refractivity contribution in [2.45, 2.75) is 32.0 Å². The fourth-order valence-corrected chi connectivity index (χ4v) is 5.71. The van der Waals surface area contributed by atoms with Crippen molar-refractivity contribution < 1.29 is 33.0 Å². The maximum Gasteiger partial charge on any atom is 0.437 e. The number of rotatable bonds is 9. The van der Waals surface area contributed by atoms with Gasteiger partial charge >= 0.3 is 12.6 Å². The Hall–Kier alpha value is -4.29. The molecule has 6 rings (SSSR count). The molecule has 0 bridgehead atoms. The van der Waals surface area contributed by atoms with Crippen LogP contribution in [0, 0.1) is 0 Å². The van der Waals surface area contributed by atoms with Gasteiger partial charge in [0, 0.05) is 60.1 Å². The first kappa shape index (κ1) is 28.8. The lowest BCUT2D eigenvalue weighted by Gasteiger charge is -2.41. The number of hydrogen-bond acceptors (Lipinski definition) is 8. The van der Waals surface area contributed by atoms with Crippen molar-refractivity contribution in [3.63, 3.8) is 0 Å². The maximum atomic E-state index is 14.4. The Morgan fingerprint density at radius 3 is 2.47 bits per heavy atom. The molecule has 2 aliphatic heterocycles. The van der Waals surface area contributed by atoms with Crippen molar-refractivity contribution in [3.8, 4) is 5.75 Å². The molecular weight excluding hydrogens is 563 g/mol. The third-order valence-electron chi connectivity index (χ3n) is 7.63. The summed E-state index contributed by atoms with van der Waals surface area (Å²) in [5.41, 5.74) is 1.11. The van der Waals surface area contributed by atoms with E-state index >= 15 is 0 Å². The highest BCUT2D eigenvalue weighted by Gasteiger charge is 2.39. The topological polar surface area (TPSA) is 95.0 Å². The van der Waals surface area contributed by atoms with Gasteiger partial charge in [-0.05, 0) is 48.7 Å². The van der Waals surface area contributed by atoms with E-state index < -0.39 is 18.3 Å². The number of aromatic nitrogens is 1. The van der Waals surface area contributed by atoms with Crippen molar-refractivity contribution in [2.75, 3.05) is 39.4 Å². The fraction of sp³-hybridized carbons (Fsp3) is 0.355. The summed E-state index contributed by atoms with van der Waals surface area (Å²) in [6.45, 7) is 2.93. The summed E-state index contributed by atoms with van der Waals surface area (Å²) in [7, 11) is 0. The van der Waals surface area contributed by atoms with Gasteiger partial charge in [-0.1, -0.05) is 41.6 Å². The molecule has 2 aliphatic rings. The number of guanidine groups is 1. The molecule has 4 aromatic rings. The number of nitrogens with zero attached hydrogens (tertiary/aromatic N) is 5. The van der Waals surface area contributed by atoms with Crippen LogP contribution >= 0.6 is 0 Å². The summed E-state index contributed by atoms with van der Waals surface area (Å²) < 4.78 is 50.8. The van der Waals surface area contributed by atoms with Gasteiger partial charge in [-0.3, -0.25) is 9.89 Å². The normalized spacial score (nSPS) is 16.8. The van der Waals surface area contributed by atoms with Crippen LogP contribution in [0.4, 0.5) is 13.2 Å². The summed E-state index contributed by atoms with van der Waals surface area (Å²) in [5, 5.41) is 24.6. The molecule has 0 saturated carbocycles.